The Labute approximate surface area is 129 Å². The van der Waals surface area contributed by atoms with E-state index in [0.717, 1.165) is 49.8 Å². The lowest BCUT2D eigenvalue weighted by Crippen LogP contribution is -2.39. The Morgan fingerprint density at radius 1 is 1.33 bits per heavy atom. The number of benzene rings is 1. The van der Waals surface area contributed by atoms with Gasteiger partial charge in [0.25, 0.3) is 0 Å². The Morgan fingerprint density at radius 3 is 3.00 bits per heavy atom. The molecule has 1 aromatic rings. The number of hydrogen-bond acceptors (Lipinski definition) is 2. The van der Waals surface area contributed by atoms with Crippen LogP contribution in [0.3, 0.4) is 0 Å². The lowest BCUT2D eigenvalue weighted by Gasteiger charge is -2.31. The number of fused-ring (bicyclic) bond motifs is 1. The van der Waals surface area contributed by atoms with E-state index in [9.17, 15) is 8.60 Å². The van der Waals surface area contributed by atoms with Crippen molar-refractivity contribution in [3.63, 3.8) is 0 Å². The van der Waals surface area contributed by atoms with E-state index in [1.807, 2.05) is 13.0 Å². The zero-order valence-electron chi connectivity index (χ0n) is 12.6. The van der Waals surface area contributed by atoms with Gasteiger partial charge in [-0.2, -0.15) is 0 Å². The summed E-state index contributed by atoms with van der Waals surface area (Å²) in [7, 11) is -0.686. The van der Waals surface area contributed by atoms with Gasteiger partial charge in [-0.1, -0.05) is 19.4 Å². The molecule has 1 fully saturated rings. The third kappa shape index (κ3) is 3.37. The molecule has 0 aliphatic heterocycles. The van der Waals surface area contributed by atoms with E-state index in [-0.39, 0.29) is 11.9 Å². The van der Waals surface area contributed by atoms with Crippen molar-refractivity contribution >= 4 is 10.8 Å². The van der Waals surface area contributed by atoms with Crippen molar-refractivity contribution in [2.75, 3.05) is 5.75 Å². The Morgan fingerprint density at radius 2 is 2.19 bits per heavy atom. The second-order valence-corrected chi connectivity index (χ2v) is 8.26. The summed E-state index contributed by atoms with van der Waals surface area (Å²) < 4.78 is 25.5. The van der Waals surface area contributed by atoms with Crippen LogP contribution in [0.25, 0.3) is 0 Å². The van der Waals surface area contributed by atoms with Crippen molar-refractivity contribution < 1.29 is 8.60 Å². The molecule has 1 aromatic carbocycles. The van der Waals surface area contributed by atoms with Crippen molar-refractivity contribution in [3.05, 3.63) is 35.1 Å². The summed E-state index contributed by atoms with van der Waals surface area (Å²) >= 11 is 0. The Balaban J connectivity index is 1.65. The van der Waals surface area contributed by atoms with Crippen LogP contribution in [0.15, 0.2) is 18.2 Å². The normalized spacial score (nSPS) is 30.1. The van der Waals surface area contributed by atoms with E-state index in [4.69, 9.17) is 0 Å². The molecule has 0 aromatic heterocycles. The lowest BCUT2D eigenvalue weighted by molar-refractivity contribution is 0.340. The molecule has 0 amide bonds. The largest absolute Gasteiger partial charge is 0.307 e. The number of halogens is 1. The van der Waals surface area contributed by atoms with Gasteiger partial charge in [-0.15, -0.1) is 0 Å². The van der Waals surface area contributed by atoms with E-state index in [2.05, 4.69) is 5.32 Å². The van der Waals surface area contributed by atoms with Crippen molar-refractivity contribution in [1.29, 1.82) is 0 Å². The van der Waals surface area contributed by atoms with Gasteiger partial charge in [0.2, 0.25) is 0 Å². The van der Waals surface area contributed by atoms with Crippen LogP contribution in [0.4, 0.5) is 4.39 Å². The Kier molecular flexibility index (Phi) is 4.75. The van der Waals surface area contributed by atoms with E-state index in [1.165, 1.54) is 5.56 Å². The number of hydrogen-bond donors (Lipinski definition) is 1. The predicted octanol–water partition coefficient (Wildman–Crippen LogP) is 3.48. The molecule has 1 saturated carbocycles. The molecular weight excluding hydrogens is 285 g/mol. The van der Waals surface area contributed by atoms with Crippen LogP contribution in [0.5, 0.6) is 0 Å². The van der Waals surface area contributed by atoms with Crippen LogP contribution in [-0.2, 0) is 17.2 Å². The predicted molar refractivity (Wildman–Crippen MR) is 85.3 cm³/mol. The molecule has 0 spiro atoms. The van der Waals surface area contributed by atoms with Gasteiger partial charge in [-0.3, -0.25) is 4.21 Å². The number of nitrogens with one attached hydrogen (secondary N) is 1. The second kappa shape index (κ2) is 6.57. The van der Waals surface area contributed by atoms with Crippen LogP contribution >= 0.6 is 0 Å². The van der Waals surface area contributed by atoms with Crippen molar-refractivity contribution in [1.82, 2.24) is 5.32 Å². The van der Waals surface area contributed by atoms with Crippen molar-refractivity contribution in [2.45, 2.75) is 62.8 Å². The summed E-state index contributed by atoms with van der Waals surface area (Å²) in [4.78, 5) is 0. The quantitative estimate of drug-likeness (QED) is 0.922. The molecule has 2 aliphatic carbocycles. The van der Waals surface area contributed by atoms with E-state index in [0.29, 0.717) is 11.3 Å². The van der Waals surface area contributed by atoms with Crippen LogP contribution in [-0.4, -0.2) is 21.3 Å². The molecule has 2 aliphatic rings. The summed E-state index contributed by atoms with van der Waals surface area (Å²) in [5.41, 5.74) is 2.41. The third-order valence-corrected chi connectivity index (χ3v) is 6.65. The third-order valence-electron chi connectivity index (χ3n) is 4.90. The van der Waals surface area contributed by atoms with Crippen molar-refractivity contribution in [3.8, 4) is 0 Å². The highest BCUT2D eigenvalue weighted by Crippen LogP contribution is 2.34. The maximum atomic E-state index is 13.5. The number of aryl methyl sites for hydroxylation is 1. The van der Waals surface area contributed by atoms with Crippen molar-refractivity contribution in [2.24, 2.45) is 0 Å². The fraction of sp³-hybridized carbons (Fsp3) is 0.647. The first-order chi connectivity index (χ1) is 10.2. The Hall–Kier alpha value is -0.740. The molecule has 4 heteroatoms. The zero-order chi connectivity index (χ0) is 14.8. The molecule has 0 unspecified atom stereocenters. The van der Waals surface area contributed by atoms with Gasteiger partial charge in [0.05, 0.1) is 0 Å². The molecule has 116 valence electrons. The first-order valence-corrected chi connectivity index (χ1v) is 9.47. The molecule has 1 N–H and O–H groups in total. The SMILES string of the molecule is CC[S@](=O)[C@@H]1CCC[C@H](N[C@H]2CCc3ccc(F)cc32)C1. The zero-order valence-corrected chi connectivity index (χ0v) is 13.4. The molecule has 21 heavy (non-hydrogen) atoms. The summed E-state index contributed by atoms with van der Waals surface area (Å²) in [5.74, 6) is 0.616. The molecular formula is C17H24FNOS. The maximum absolute atomic E-state index is 13.5. The minimum absolute atomic E-state index is 0.143. The summed E-state index contributed by atoms with van der Waals surface area (Å²) in [5, 5.41) is 4.05. The fourth-order valence-electron chi connectivity index (χ4n) is 3.80. The van der Waals surface area contributed by atoms with E-state index in [1.54, 1.807) is 12.1 Å². The minimum atomic E-state index is -0.686. The summed E-state index contributed by atoms with van der Waals surface area (Å²) in [6.45, 7) is 2.00. The van der Waals surface area contributed by atoms with Crippen LogP contribution in [0, 0.1) is 5.82 Å². The van der Waals surface area contributed by atoms with Gasteiger partial charge in [-0.05, 0) is 55.4 Å². The van der Waals surface area contributed by atoms with E-state index < -0.39 is 10.8 Å². The standard InChI is InChI=1S/C17H24FNOS/c1-2-21(20)15-5-3-4-14(11-15)19-17-9-7-12-6-8-13(18)10-16(12)17/h6,8,10,14-15,17,19H,2-5,7,9,11H2,1H3/t14-,15+,17-,21-/m0/s1. The topological polar surface area (TPSA) is 29.1 Å². The highest BCUT2D eigenvalue weighted by atomic mass is 32.2. The maximum Gasteiger partial charge on any atom is 0.123 e. The first kappa shape index (κ1) is 15.2. The second-order valence-electron chi connectivity index (χ2n) is 6.26. The van der Waals surface area contributed by atoms with Crippen LogP contribution < -0.4 is 5.32 Å². The van der Waals surface area contributed by atoms with Gasteiger partial charge in [0, 0.05) is 33.9 Å². The smallest absolute Gasteiger partial charge is 0.123 e. The highest BCUT2D eigenvalue weighted by molar-refractivity contribution is 7.85. The van der Waals surface area contributed by atoms with Gasteiger partial charge < -0.3 is 5.32 Å². The average molecular weight is 309 g/mol. The molecule has 3 rings (SSSR count). The molecule has 0 bridgehead atoms. The van der Waals surface area contributed by atoms with E-state index >= 15 is 0 Å². The minimum Gasteiger partial charge on any atom is -0.307 e. The Bertz CT molecular complexity index is 534. The highest BCUT2D eigenvalue weighted by Gasteiger charge is 2.29. The molecule has 0 saturated heterocycles. The average Bonchev–Trinajstić information content (AvgIpc) is 2.89. The first-order valence-electron chi connectivity index (χ1n) is 8.09. The lowest BCUT2D eigenvalue weighted by atomic mass is 9.93. The van der Waals surface area contributed by atoms with Gasteiger partial charge in [0.15, 0.2) is 0 Å². The molecule has 0 radical (unpaired) electrons. The van der Waals surface area contributed by atoms with Gasteiger partial charge in [-0.25, -0.2) is 4.39 Å². The summed E-state index contributed by atoms with van der Waals surface area (Å²) in [6.07, 6.45) is 6.48. The van der Waals surface area contributed by atoms with Gasteiger partial charge >= 0.3 is 0 Å². The molecule has 4 atom stereocenters. The van der Waals surface area contributed by atoms with Crippen LogP contribution in [0.1, 0.15) is 56.2 Å². The summed E-state index contributed by atoms with van der Waals surface area (Å²) in [6, 6.07) is 5.86. The molecule has 0 heterocycles. The number of rotatable bonds is 4. The van der Waals surface area contributed by atoms with Gasteiger partial charge in [0.1, 0.15) is 5.82 Å². The fourth-order valence-corrected chi connectivity index (χ4v) is 5.15. The van der Waals surface area contributed by atoms with Crippen LogP contribution in [0.2, 0.25) is 0 Å². The monoisotopic (exact) mass is 309 g/mol. The molecule has 2 nitrogen and oxygen atoms in total.